The smallest absolute Gasteiger partial charge is 0.327 e. The second-order valence-electron chi connectivity index (χ2n) is 8.74. The van der Waals surface area contributed by atoms with Crippen LogP contribution >= 0.6 is 0 Å². The molecule has 5 rings (SSSR count). The van der Waals surface area contributed by atoms with Gasteiger partial charge in [-0.2, -0.15) is 0 Å². The van der Waals surface area contributed by atoms with E-state index in [4.69, 9.17) is 4.74 Å². The minimum atomic E-state index is -0.218. The third kappa shape index (κ3) is 3.62. The molecule has 0 radical (unpaired) electrons. The number of amides is 2. The van der Waals surface area contributed by atoms with Crippen LogP contribution in [0.4, 0.5) is 22.0 Å². The van der Waals surface area contributed by atoms with Gasteiger partial charge in [0.05, 0.1) is 12.8 Å². The van der Waals surface area contributed by atoms with E-state index in [1.807, 2.05) is 29.8 Å². The van der Waals surface area contributed by atoms with E-state index in [1.165, 1.54) is 5.69 Å². The van der Waals surface area contributed by atoms with Gasteiger partial charge in [0.1, 0.15) is 22.9 Å². The van der Waals surface area contributed by atoms with Crippen LogP contribution in [0.15, 0.2) is 30.7 Å². The van der Waals surface area contributed by atoms with Crippen molar-refractivity contribution in [3.63, 3.8) is 0 Å². The molecule has 168 valence electrons. The Bertz CT molecular complexity index is 1160. The highest BCUT2D eigenvalue weighted by molar-refractivity contribution is 6.03. The number of aryl methyl sites for hydroxylation is 1. The zero-order valence-electron chi connectivity index (χ0n) is 18.9. The summed E-state index contributed by atoms with van der Waals surface area (Å²) in [4.78, 5) is 26.4. The van der Waals surface area contributed by atoms with Crippen LogP contribution in [0, 0.1) is 6.92 Å². The summed E-state index contributed by atoms with van der Waals surface area (Å²) in [5.74, 6) is 1.30. The summed E-state index contributed by atoms with van der Waals surface area (Å²) in [7, 11) is 1.59. The predicted octanol–water partition coefficient (Wildman–Crippen LogP) is 2.83. The van der Waals surface area contributed by atoms with Crippen LogP contribution in [-0.2, 0) is 6.42 Å². The Kier molecular flexibility index (Phi) is 5.13. The lowest BCUT2D eigenvalue weighted by Crippen LogP contribution is -2.54. The van der Waals surface area contributed by atoms with Gasteiger partial charge in [0.2, 0.25) is 0 Å². The van der Waals surface area contributed by atoms with Crippen molar-refractivity contribution in [1.82, 2.24) is 19.7 Å². The first-order valence-electron chi connectivity index (χ1n) is 11.0. The molecule has 2 atom stereocenters. The van der Waals surface area contributed by atoms with Crippen molar-refractivity contribution < 1.29 is 9.53 Å². The van der Waals surface area contributed by atoms with Crippen LogP contribution in [0.1, 0.15) is 25.1 Å². The summed E-state index contributed by atoms with van der Waals surface area (Å²) in [6.45, 7) is 8.81. The molecule has 0 saturated carbocycles. The third-order valence-electron chi connectivity index (χ3n) is 6.13. The molecule has 0 aromatic carbocycles. The highest BCUT2D eigenvalue weighted by Gasteiger charge is 2.31. The zero-order valence-corrected chi connectivity index (χ0v) is 18.9. The molecule has 2 aliphatic rings. The fourth-order valence-corrected chi connectivity index (χ4v) is 4.88. The number of fused-ring (bicyclic) bond motifs is 2. The van der Waals surface area contributed by atoms with Crippen molar-refractivity contribution in [2.24, 2.45) is 0 Å². The molecular weight excluding hydrogens is 406 g/mol. The molecule has 0 bridgehead atoms. The van der Waals surface area contributed by atoms with Gasteiger partial charge in [0, 0.05) is 67.6 Å². The summed E-state index contributed by atoms with van der Waals surface area (Å²) < 4.78 is 7.38. The molecule has 2 N–H and O–H groups in total. The van der Waals surface area contributed by atoms with E-state index in [9.17, 15) is 4.79 Å². The van der Waals surface area contributed by atoms with Crippen molar-refractivity contribution in [1.29, 1.82) is 0 Å². The van der Waals surface area contributed by atoms with Crippen LogP contribution in [0.25, 0.3) is 5.65 Å². The Morgan fingerprint density at radius 1 is 1.25 bits per heavy atom. The van der Waals surface area contributed by atoms with Gasteiger partial charge in [0.15, 0.2) is 0 Å². The average molecular weight is 436 g/mol. The van der Waals surface area contributed by atoms with Crippen LogP contribution in [0.3, 0.4) is 0 Å². The molecule has 1 saturated heterocycles. The van der Waals surface area contributed by atoms with Gasteiger partial charge in [-0.15, -0.1) is 0 Å². The molecule has 0 aliphatic carbocycles. The van der Waals surface area contributed by atoms with E-state index >= 15 is 0 Å². The molecule has 1 fully saturated rings. The van der Waals surface area contributed by atoms with Gasteiger partial charge in [-0.05, 0) is 33.3 Å². The lowest BCUT2D eigenvalue weighted by Gasteiger charge is -2.38. The largest absolute Gasteiger partial charge is 0.494 e. The standard InChI is InChI=1S/C23H29N7O2/c1-14-10-28(11-15(2)25-14)19-5-7-24-22-17(19)6-8-30(22)23(31)27-18-13-29-12-16(3)26-21(29)9-20(18)32-4/h5,7,9,12-15,25H,6,8,10-11H2,1-4H3,(H,27,31)/t14-,15+. The number of pyridine rings is 2. The fourth-order valence-electron chi connectivity index (χ4n) is 4.88. The molecule has 3 aromatic heterocycles. The quantitative estimate of drug-likeness (QED) is 0.658. The van der Waals surface area contributed by atoms with Gasteiger partial charge in [-0.3, -0.25) is 4.90 Å². The summed E-state index contributed by atoms with van der Waals surface area (Å²) in [6.07, 6.45) is 6.34. The number of nitrogens with one attached hydrogen (secondary N) is 2. The number of hydrogen-bond donors (Lipinski definition) is 2. The predicted molar refractivity (Wildman–Crippen MR) is 125 cm³/mol. The Labute approximate surface area is 187 Å². The number of piperazine rings is 1. The number of anilines is 3. The van der Waals surface area contributed by atoms with Gasteiger partial charge in [-0.1, -0.05) is 0 Å². The number of hydrogen-bond acceptors (Lipinski definition) is 6. The Balaban J connectivity index is 1.41. The van der Waals surface area contributed by atoms with E-state index in [0.717, 1.165) is 42.2 Å². The molecule has 0 unspecified atom stereocenters. The maximum absolute atomic E-state index is 13.2. The molecule has 9 heteroatoms. The number of carbonyl (C=O) groups is 1. The number of methoxy groups -OCH3 is 1. The highest BCUT2D eigenvalue weighted by Crippen LogP contribution is 2.35. The number of nitrogens with zero attached hydrogens (tertiary/aromatic N) is 5. The number of aromatic nitrogens is 3. The van der Waals surface area contributed by atoms with Crippen molar-refractivity contribution in [3.8, 4) is 5.75 Å². The normalized spacial score (nSPS) is 20.5. The minimum Gasteiger partial charge on any atom is -0.494 e. The minimum absolute atomic E-state index is 0.218. The number of rotatable bonds is 3. The van der Waals surface area contributed by atoms with E-state index in [-0.39, 0.29) is 6.03 Å². The zero-order chi connectivity index (χ0) is 22.4. The molecule has 2 aliphatic heterocycles. The van der Waals surface area contributed by atoms with Gasteiger partial charge >= 0.3 is 6.03 Å². The molecular formula is C23H29N7O2. The van der Waals surface area contributed by atoms with Gasteiger partial charge < -0.3 is 24.7 Å². The van der Waals surface area contributed by atoms with Crippen LogP contribution < -0.4 is 25.2 Å². The molecule has 3 aromatic rings. The lowest BCUT2D eigenvalue weighted by atomic mass is 10.1. The molecule has 0 spiro atoms. The number of ether oxygens (including phenoxy) is 1. The highest BCUT2D eigenvalue weighted by atomic mass is 16.5. The number of urea groups is 1. The Morgan fingerprint density at radius 3 is 2.78 bits per heavy atom. The van der Waals surface area contributed by atoms with Crippen molar-refractivity contribution >= 4 is 28.9 Å². The molecule has 9 nitrogen and oxygen atoms in total. The molecule has 2 amide bonds. The summed E-state index contributed by atoms with van der Waals surface area (Å²) in [5.41, 5.74) is 4.58. The Morgan fingerprint density at radius 2 is 2.03 bits per heavy atom. The van der Waals surface area contributed by atoms with Crippen LogP contribution in [0.2, 0.25) is 0 Å². The van der Waals surface area contributed by atoms with E-state index < -0.39 is 0 Å². The molecule has 5 heterocycles. The van der Waals surface area contributed by atoms with Crippen LogP contribution in [0.5, 0.6) is 5.75 Å². The first-order chi connectivity index (χ1) is 15.4. The SMILES string of the molecule is COc1cc2nc(C)cn2cc1NC(=O)N1CCc2c(N3C[C@@H](C)N[C@@H](C)C3)ccnc21. The van der Waals surface area contributed by atoms with Crippen molar-refractivity contribution in [3.05, 3.63) is 42.0 Å². The van der Waals surface area contributed by atoms with E-state index in [2.05, 4.69) is 45.4 Å². The first-order valence-corrected chi connectivity index (χ1v) is 11.0. The van der Waals surface area contributed by atoms with Gasteiger partial charge in [-0.25, -0.2) is 14.8 Å². The lowest BCUT2D eigenvalue weighted by molar-refractivity contribution is 0.257. The topological polar surface area (TPSA) is 87.0 Å². The molecule has 32 heavy (non-hydrogen) atoms. The number of imidazole rings is 1. The fraction of sp³-hybridized carbons (Fsp3) is 0.435. The monoisotopic (exact) mass is 435 g/mol. The van der Waals surface area contributed by atoms with Gasteiger partial charge in [0.25, 0.3) is 0 Å². The third-order valence-corrected chi connectivity index (χ3v) is 6.13. The second kappa shape index (κ2) is 7.98. The number of carbonyl (C=O) groups excluding carboxylic acids is 1. The average Bonchev–Trinajstić information content (AvgIpc) is 3.34. The summed E-state index contributed by atoms with van der Waals surface area (Å²) in [6, 6.07) is 4.51. The summed E-state index contributed by atoms with van der Waals surface area (Å²) in [5, 5.41) is 6.58. The van der Waals surface area contributed by atoms with Crippen molar-refractivity contribution in [2.75, 3.05) is 41.9 Å². The van der Waals surface area contributed by atoms with E-state index in [0.29, 0.717) is 30.1 Å². The first kappa shape index (κ1) is 20.6. The van der Waals surface area contributed by atoms with Crippen molar-refractivity contribution in [2.45, 2.75) is 39.3 Å². The van der Waals surface area contributed by atoms with E-state index in [1.54, 1.807) is 18.2 Å². The second-order valence-corrected chi connectivity index (χ2v) is 8.74. The maximum atomic E-state index is 13.2. The maximum Gasteiger partial charge on any atom is 0.327 e. The van der Waals surface area contributed by atoms with Crippen LogP contribution in [-0.4, -0.2) is 59.2 Å². The summed E-state index contributed by atoms with van der Waals surface area (Å²) >= 11 is 0. The Hall–Kier alpha value is -3.33.